The summed E-state index contributed by atoms with van der Waals surface area (Å²) in [6, 6.07) is 7.72. The van der Waals surface area contributed by atoms with Crippen molar-refractivity contribution in [2.75, 3.05) is 7.11 Å². The monoisotopic (exact) mass is 215 g/mol. The smallest absolute Gasteiger partial charge is 0.340 e. The fourth-order valence-electron chi connectivity index (χ4n) is 1.75. The normalized spacial score (nSPS) is 10.4. The molecule has 0 aliphatic heterocycles. The van der Waals surface area contributed by atoms with E-state index in [9.17, 15) is 4.79 Å². The second kappa shape index (κ2) is 3.93. The lowest BCUT2D eigenvalue weighted by Crippen LogP contribution is -2.04. The van der Waals surface area contributed by atoms with Crippen LogP contribution in [0.2, 0.25) is 0 Å². The van der Waals surface area contributed by atoms with E-state index in [0.717, 1.165) is 16.6 Å². The first-order chi connectivity index (χ1) is 7.61. The summed E-state index contributed by atoms with van der Waals surface area (Å²) in [4.78, 5) is 16.0. The molecular weight excluding hydrogens is 202 g/mol. The van der Waals surface area contributed by atoms with E-state index < -0.39 is 0 Å². The van der Waals surface area contributed by atoms with Crippen LogP contribution in [-0.2, 0) is 4.74 Å². The number of methoxy groups -OCH3 is 1. The fourth-order valence-corrected chi connectivity index (χ4v) is 1.75. The summed E-state index contributed by atoms with van der Waals surface area (Å²) in [5.74, 6) is -0.341. The molecule has 0 atom stereocenters. The Labute approximate surface area is 94.1 Å². The third-order valence-electron chi connectivity index (χ3n) is 2.48. The number of nitrogens with zero attached hydrogens (tertiary/aromatic N) is 1. The molecule has 1 aromatic heterocycles. The van der Waals surface area contributed by atoms with E-state index in [0.29, 0.717) is 11.1 Å². The number of hydrogen-bond donors (Lipinski definition) is 0. The van der Waals surface area contributed by atoms with Gasteiger partial charge in [-0.1, -0.05) is 6.07 Å². The maximum absolute atomic E-state index is 11.6. The van der Waals surface area contributed by atoms with Crippen molar-refractivity contribution in [3.63, 3.8) is 0 Å². The Morgan fingerprint density at radius 1 is 1.25 bits per heavy atom. The highest BCUT2D eigenvalue weighted by Crippen LogP contribution is 2.20. The quantitative estimate of drug-likeness (QED) is 0.686. The SMILES string of the molecule is COC(=O)c1cc(C)cc2ccc(C)nc12. The van der Waals surface area contributed by atoms with Crippen molar-refractivity contribution >= 4 is 16.9 Å². The molecule has 82 valence electrons. The Morgan fingerprint density at radius 3 is 2.69 bits per heavy atom. The topological polar surface area (TPSA) is 39.2 Å². The van der Waals surface area contributed by atoms with E-state index in [1.165, 1.54) is 7.11 Å². The minimum atomic E-state index is -0.341. The first-order valence-electron chi connectivity index (χ1n) is 5.08. The van der Waals surface area contributed by atoms with E-state index in [4.69, 9.17) is 4.74 Å². The Bertz CT molecular complexity index is 561. The fraction of sp³-hybridized carbons (Fsp3) is 0.231. The van der Waals surface area contributed by atoms with Crippen LogP contribution in [0.3, 0.4) is 0 Å². The van der Waals surface area contributed by atoms with Gasteiger partial charge in [0.25, 0.3) is 0 Å². The third kappa shape index (κ3) is 1.76. The molecular formula is C13H13NO2. The van der Waals surface area contributed by atoms with Crippen molar-refractivity contribution in [3.05, 3.63) is 41.1 Å². The van der Waals surface area contributed by atoms with Crippen molar-refractivity contribution in [1.29, 1.82) is 0 Å². The summed E-state index contributed by atoms with van der Waals surface area (Å²) in [7, 11) is 1.38. The number of rotatable bonds is 1. The molecule has 3 nitrogen and oxygen atoms in total. The van der Waals surface area contributed by atoms with Gasteiger partial charge in [-0.25, -0.2) is 4.79 Å². The molecule has 0 aliphatic rings. The minimum absolute atomic E-state index is 0.341. The highest BCUT2D eigenvalue weighted by atomic mass is 16.5. The zero-order valence-corrected chi connectivity index (χ0v) is 9.57. The molecule has 0 saturated heterocycles. The molecule has 0 unspecified atom stereocenters. The number of fused-ring (bicyclic) bond motifs is 1. The van der Waals surface area contributed by atoms with Crippen LogP contribution in [0.15, 0.2) is 24.3 Å². The lowest BCUT2D eigenvalue weighted by molar-refractivity contribution is 0.0602. The molecule has 0 aliphatic carbocycles. The zero-order valence-electron chi connectivity index (χ0n) is 9.57. The van der Waals surface area contributed by atoms with Gasteiger partial charge in [0.05, 0.1) is 18.2 Å². The Hall–Kier alpha value is -1.90. The average Bonchev–Trinajstić information content (AvgIpc) is 2.27. The predicted molar refractivity (Wildman–Crippen MR) is 62.6 cm³/mol. The van der Waals surface area contributed by atoms with Crippen molar-refractivity contribution in [1.82, 2.24) is 4.98 Å². The molecule has 0 amide bonds. The standard InChI is InChI=1S/C13H13NO2/c1-8-6-10-5-4-9(2)14-12(10)11(7-8)13(15)16-3/h4-7H,1-3H3. The Balaban J connectivity index is 2.79. The van der Waals surface area contributed by atoms with Crippen molar-refractivity contribution in [2.24, 2.45) is 0 Å². The summed E-state index contributed by atoms with van der Waals surface area (Å²) in [6.45, 7) is 3.85. The van der Waals surface area contributed by atoms with E-state index in [1.54, 1.807) is 6.07 Å². The molecule has 2 aromatic rings. The summed E-state index contributed by atoms with van der Waals surface area (Å²) in [6.07, 6.45) is 0. The van der Waals surface area contributed by atoms with Crippen LogP contribution in [0.4, 0.5) is 0 Å². The number of carbonyl (C=O) groups is 1. The van der Waals surface area contributed by atoms with Crippen LogP contribution in [0.5, 0.6) is 0 Å². The van der Waals surface area contributed by atoms with Crippen molar-refractivity contribution in [2.45, 2.75) is 13.8 Å². The summed E-state index contributed by atoms with van der Waals surface area (Å²) < 4.78 is 4.76. The van der Waals surface area contributed by atoms with E-state index in [2.05, 4.69) is 4.98 Å². The molecule has 1 heterocycles. The number of carbonyl (C=O) groups excluding carboxylic acids is 1. The van der Waals surface area contributed by atoms with Crippen LogP contribution in [0.25, 0.3) is 10.9 Å². The third-order valence-corrected chi connectivity index (χ3v) is 2.48. The molecule has 0 radical (unpaired) electrons. The zero-order chi connectivity index (χ0) is 11.7. The number of aromatic nitrogens is 1. The molecule has 0 bridgehead atoms. The van der Waals surface area contributed by atoms with E-state index in [-0.39, 0.29) is 5.97 Å². The number of hydrogen-bond acceptors (Lipinski definition) is 3. The van der Waals surface area contributed by atoms with Gasteiger partial charge in [0.1, 0.15) is 0 Å². The van der Waals surface area contributed by atoms with Crippen LogP contribution < -0.4 is 0 Å². The number of benzene rings is 1. The molecule has 0 spiro atoms. The Kier molecular flexibility index (Phi) is 2.60. The van der Waals surface area contributed by atoms with Gasteiger partial charge >= 0.3 is 5.97 Å². The maximum atomic E-state index is 11.6. The van der Waals surface area contributed by atoms with Crippen LogP contribution >= 0.6 is 0 Å². The number of aryl methyl sites for hydroxylation is 2. The second-order valence-electron chi connectivity index (χ2n) is 3.83. The van der Waals surface area contributed by atoms with E-state index in [1.807, 2.05) is 32.0 Å². The first-order valence-corrected chi connectivity index (χ1v) is 5.08. The first kappa shape index (κ1) is 10.6. The molecule has 0 fully saturated rings. The van der Waals surface area contributed by atoms with E-state index >= 15 is 0 Å². The molecule has 16 heavy (non-hydrogen) atoms. The van der Waals surface area contributed by atoms with Gasteiger partial charge in [0.15, 0.2) is 0 Å². The summed E-state index contributed by atoms with van der Waals surface area (Å²) in [5.41, 5.74) is 3.15. The average molecular weight is 215 g/mol. The lowest BCUT2D eigenvalue weighted by atomic mass is 10.1. The lowest BCUT2D eigenvalue weighted by Gasteiger charge is -2.06. The Morgan fingerprint density at radius 2 is 2.00 bits per heavy atom. The highest BCUT2D eigenvalue weighted by molar-refractivity contribution is 6.03. The minimum Gasteiger partial charge on any atom is -0.465 e. The molecule has 1 aromatic carbocycles. The molecule has 0 saturated carbocycles. The van der Waals surface area contributed by atoms with Gasteiger partial charge in [-0.05, 0) is 37.6 Å². The molecule has 2 rings (SSSR count). The van der Waals surface area contributed by atoms with Gasteiger partial charge in [0, 0.05) is 11.1 Å². The van der Waals surface area contributed by atoms with Gasteiger partial charge in [-0.2, -0.15) is 0 Å². The van der Waals surface area contributed by atoms with Gasteiger partial charge < -0.3 is 4.74 Å². The van der Waals surface area contributed by atoms with Crippen LogP contribution in [-0.4, -0.2) is 18.1 Å². The summed E-state index contributed by atoms with van der Waals surface area (Å²) in [5, 5.41) is 0.964. The van der Waals surface area contributed by atoms with Gasteiger partial charge in [-0.3, -0.25) is 4.98 Å². The van der Waals surface area contributed by atoms with Crippen molar-refractivity contribution < 1.29 is 9.53 Å². The van der Waals surface area contributed by atoms with Gasteiger partial charge in [0.2, 0.25) is 0 Å². The van der Waals surface area contributed by atoms with Gasteiger partial charge in [-0.15, -0.1) is 0 Å². The van der Waals surface area contributed by atoms with Crippen molar-refractivity contribution in [3.8, 4) is 0 Å². The number of pyridine rings is 1. The second-order valence-corrected chi connectivity index (χ2v) is 3.83. The predicted octanol–water partition coefficient (Wildman–Crippen LogP) is 2.64. The molecule has 0 N–H and O–H groups in total. The molecule has 3 heteroatoms. The van der Waals surface area contributed by atoms with Crippen LogP contribution in [0, 0.1) is 13.8 Å². The summed E-state index contributed by atoms with van der Waals surface area (Å²) >= 11 is 0. The largest absolute Gasteiger partial charge is 0.465 e. The number of esters is 1. The highest BCUT2D eigenvalue weighted by Gasteiger charge is 2.12. The van der Waals surface area contributed by atoms with Crippen LogP contribution in [0.1, 0.15) is 21.6 Å². The number of ether oxygens (including phenoxy) is 1. The maximum Gasteiger partial charge on any atom is 0.340 e.